The van der Waals surface area contributed by atoms with Crippen LogP contribution in [0.2, 0.25) is 0 Å². The number of alkyl halides is 9. The standard InChI is InChI=1S/C12H5F10I/c13-7-3-1-6(2-4-7)8(23)5-9(14,15)10(16,17)11(18,19)12(20,21)22/h1-5H/b8-5+. The van der Waals surface area contributed by atoms with Gasteiger partial charge in [-0.05, 0) is 40.3 Å². The molecule has 0 saturated heterocycles. The monoisotopic (exact) mass is 466 g/mol. The maximum absolute atomic E-state index is 13.4. The molecule has 0 fully saturated rings. The van der Waals surface area contributed by atoms with E-state index in [0.717, 1.165) is 46.9 Å². The zero-order valence-corrected chi connectivity index (χ0v) is 12.7. The van der Waals surface area contributed by atoms with Crippen molar-refractivity contribution in [2.45, 2.75) is 23.9 Å². The topological polar surface area (TPSA) is 0 Å². The van der Waals surface area contributed by atoms with Gasteiger partial charge in [0.15, 0.2) is 0 Å². The highest BCUT2D eigenvalue weighted by molar-refractivity contribution is 14.1. The van der Waals surface area contributed by atoms with Crippen molar-refractivity contribution in [3.63, 3.8) is 0 Å². The molecular formula is C12H5F10I. The van der Waals surface area contributed by atoms with Gasteiger partial charge >= 0.3 is 23.9 Å². The van der Waals surface area contributed by atoms with Crippen molar-refractivity contribution in [3.05, 3.63) is 41.7 Å². The summed E-state index contributed by atoms with van der Waals surface area (Å²) >= 11 is 1.03. The van der Waals surface area contributed by atoms with Gasteiger partial charge in [-0.15, -0.1) is 0 Å². The molecule has 0 spiro atoms. The molecule has 0 aliphatic rings. The summed E-state index contributed by atoms with van der Waals surface area (Å²) < 4.78 is 126. The third-order valence-corrected chi connectivity index (χ3v) is 3.53. The van der Waals surface area contributed by atoms with Crippen LogP contribution in [-0.4, -0.2) is 23.9 Å². The van der Waals surface area contributed by atoms with Crippen molar-refractivity contribution in [3.8, 4) is 0 Å². The first kappa shape index (κ1) is 20.0. The molecule has 0 atom stereocenters. The normalized spacial score (nSPS) is 15.0. The number of halogens is 11. The molecule has 0 aliphatic heterocycles. The Labute approximate surface area is 136 Å². The molecule has 1 rings (SSSR count). The lowest BCUT2D eigenvalue weighted by molar-refractivity contribution is -0.388. The first-order chi connectivity index (χ1) is 10.1. The predicted octanol–water partition coefficient (Wildman–Crippen LogP) is 6.07. The fourth-order valence-electron chi connectivity index (χ4n) is 1.33. The Morgan fingerprint density at radius 1 is 0.783 bits per heavy atom. The second kappa shape index (κ2) is 6.13. The number of allylic oxidation sites excluding steroid dienone is 1. The van der Waals surface area contributed by atoms with Gasteiger partial charge in [-0.1, -0.05) is 12.1 Å². The average Bonchev–Trinajstić information content (AvgIpc) is 2.37. The van der Waals surface area contributed by atoms with Crippen molar-refractivity contribution in [1.82, 2.24) is 0 Å². The van der Waals surface area contributed by atoms with Gasteiger partial charge in [-0.25, -0.2) is 4.39 Å². The molecule has 0 bridgehead atoms. The van der Waals surface area contributed by atoms with Gasteiger partial charge in [-0.3, -0.25) is 0 Å². The second-order valence-corrected chi connectivity index (χ2v) is 5.43. The summed E-state index contributed by atoms with van der Waals surface area (Å²) in [6.07, 6.45) is -7.59. The van der Waals surface area contributed by atoms with E-state index >= 15 is 0 Å². The molecule has 0 radical (unpaired) electrons. The van der Waals surface area contributed by atoms with Gasteiger partial charge in [0.25, 0.3) is 0 Å². The third kappa shape index (κ3) is 3.74. The molecule has 0 aliphatic carbocycles. The summed E-state index contributed by atoms with van der Waals surface area (Å²) in [5.41, 5.74) is -0.266. The van der Waals surface area contributed by atoms with Crippen molar-refractivity contribution in [2.24, 2.45) is 0 Å². The van der Waals surface area contributed by atoms with Gasteiger partial charge in [0.05, 0.1) is 0 Å². The Hall–Kier alpha value is -1.01. The van der Waals surface area contributed by atoms with Crippen molar-refractivity contribution in [1.29, 1.82) is 0 Å². The predicted molar refractivity (Wildman–Crippen MR) is 69.3 cm³/mol. The maximum Gasteiger partial charge on any atom is 0.460 e. The average molecular weight is 466 g/mol. The molecule has 23 heavy (non-hydrogen) atoms. The molecular weight excluding hydrogens is 461 g/mol. The van der Waals surface area contributed by atoms with Crippen molar-refractivity contribution >= 4 is 26.2 Å². The Morgan fingerprint density at radius 3 is 1.61 bits per heavy atom. The minimum atomic E-state index is -6.94. The van der Waals surface area contributed by atoms with Gasteiger partial charge in [-0.2, -0.15) is 39.5 Å². The molecule has 0 unspecified atom stereocenters. The first-order valence-electron chi connectivity index (χ1n) is 5.48. The minimum Gasteiger partial charge on any atom is -0.207 e. The van der Waals surface area contributed by atoms with Crippen molar-refractivity contribution < 1.29 is 43.9 Å². The maximum atomic E-state index is 13.4. The SMILES string of the molecule is Fc1ccc(/C(I)=C\C(F)(F)C(F)(F)C(F)(F)C(F)(F)F)cc1. The van der Waals surface area contributed by atoms with E-state index in [1.54, 1.807) is 0 Å². The highest BCUT2D eigenvalue weighted by Gasteiger charge is 2.81. The van der Waals surface area contributed by atoms with E-state index < -0.39 is 39.4 Å². The first-order valence-corrected chi connectivity index (χ1v) is 6.56. The number of hydrogen-bond donors (Lipinski definition) is 0. The molecule has 0 heterocycles. The Kier molecular flexibility index (Phi) is 5.34. The molecule has 0 saturated carbocycles. The number of benzene rings is 1. The van der Waals surface area contributed by atoms with Gasteiger partial charge in [0.1, 0.15) is 5.82 Å². The van der Waals surface area contributed by atoms with Crippen LogP contribution in [0.3, 0.4) is 0 Å². The molecule has 0 aromatic heterocycles. The molecule has 0 amide bonds. The van der Waals surface area contributed by atoms with Crippen LogP contribution in [0, 0.1) is 5.82 Å². The van der Waals surface area contributed by atoms with Crippen LogP contribution >= 0.6 is 22.6 Å². The summed E-state index contributed by atoms with van der Waals surface area (Å²) in [5.74, 6) is -20.3. The van der Waals surface area contributed by atoms with Crippen LogP contribution in [0.1, 0.15) is 5.56 Å². The summed E-state index contributed by atoms with van der Waals surface area (Å²) in [6.45, 7) is 0. The molecule has 0 N–H and O–H groups in total. The fourth-order valence-corrected chi connectivity index (χ4v) is 2.08. The second-order valence-electron chi connectivity index (χ2n) is 4.27. The van der Waals surface area contributed by atoms with Gasteiger partial charge in [0.2, 0.25) is 0 Å². The number of rotatable bonds is 4. The van der Waals surface area contributed by atoms with Crippen LogP contribution in [0.25, 0.3) is 3.58 Å². The zero-order valence-electron chi connectivity index (χ0n) is 10.5. The third-order valence-electron chi connectivity index (χ3n) is 2.60. The molecule has 1 aromatic rings. The van der Waals surface area contributed by atoms with Crippen LogP contribution < -0.4 is 0 Å². The summed E-state index contributed by atoms with van der Waals surface area (Å²) in [6, 6.07) is 3.26. The van der Waals surface area contributed by atoms with E-state index in [1.165, 1.54) is 0 Å². The lowest BCUT2D eigenvalue weighted by Gasteiger charge is -2.32. The largest absolute Gasteiger partial charge is 0.460 e. The van der Waals surface area contributed by atoms with E-state index in [4.69, 9.17) is 0 Å². The van der Waals surface area contributed by atoms with Crippen LogP contribution in [-0.2, 0) is 0 Å². The Balaban J connectivity index is 3.28. The Morgan fingerprint density at radius 2 is 1.22 bits per heavy atom. The van der Waals surface area contributed by atoms with Gasteiger partial charge in [0, 0.05) is 9.66 Å². The molecule has 1 aromatic carbocycles. The number of hydrogen-bond acceptors (Lipinski definition) is 0. The van der Waals surface area contributed by atoms with E-state index in [-0.39, 0.29) is 5.56 Å². The summed E-state index contributed by atoms with van der Waals surface area (Å²) in [5, 5.41) is 0. The van der Waals surface area contributed by atoms with E-state index in [9.17, 15) is 43.9 Å². The zero-order chi connectivity index (χ0) is 18.3. The van der Waals surface area contributed by atoms with Crippen LogP contribution in [0.4, 0.5) is 43.9 Å². The van der Waals surface area contributed by atoms with Gasteiger partial charge < -0.3 is 0 Å². The smallest absolute Gasteiger partial charge is 0.207 e. The van der Waals surface area contributed by atoms with E-state index in [0.29, 0.717) is 0 Å². The van der Waals surface area contributed by atoms with Crippen LogP contribution in [0.15, 0.2) is 30.3 Å². The lowest BCUT2D eigenvalue weighted by Crippen LogP contribution is -2.60. The quantitative estimate of drug-likeness (QED) is 0.374. The summed E-state index contributed by atoms with van der Waals surface area (Å²) in [4.78, 5) is 0. The van der Waals surface area contributed by atoms with E-state index in [2.05, 4.69) is 0 Å². The van der Waals surface area contributed by atoms with Crippen molar-refractivity contribution in [2.75, 3.05) is 0 Å². The Bertz CT molecular complexity index is 585. The summed E-state index contributed by atoms with van der Waals surface area (Å²) in [7, 11) is 0. The molecule has 130 valence electrons. The highest BCUT2D eigenvalue weighted by atomic mass is 127. The molecule has 11 heteroatoms. The fraction of sp³-hybridized carbons (Fsp3) is 0.333. The van der Waals surface area contributed by atoms with E-state index in [1.807, 2.05) is 0 Å². The minimum absolute atomic E-state index is 0.266. The highest BCUT2D eigenvalue weighted by Crippen LogP contribution is 2.54. The molecule has 0 nitrogen and oxygen atoms in total. The van der Waals surface area contributed by atoms with Crippen LogP contribution in [0.5, 0.6) is 0 Å². The lowest BCUT2D eigenvalue weighted by atomic mass is 10.0.